The minimum absolute atomic E-state index is 0. The molecular weight excluding hydrogens is 238 g/mol. The molecule has 4 heteroatoms. The summed E-state index contributed by atoms with van der Waals surface area (Å²) in [5, 5.41) is 0. The molecule has 0 unspecified atom stereocenters. The van der Waals surface area contributed by atoms with Gasteiger partial charge < -0.3 is 15.2 Å². The molecule has 0 aliphatic carbocycles. The largest absolute Gasteiger partial charge is 0.497 e. The number of halogens is 1. The second-order valence-corrected chi connectivity index (χ2v) is 3.79. The summed E-state index contributed by atoms with van der Waals surface area (Å²) >= 11 is 0. The molecule has 1 heterocycles. The van der Waals surface area contributed by atoms with E-state index in [0.717, 1.165) is 36.4 Å². The van der Waals surface area contributed by atoms with Crippen LogP contribution in [0.1, 0.15) is 18.4 Å². The maximum atomic E-state index is 5.57. The third-order valence-electron chi connectivity index (χ3n) is 2.75. The Morgan fingerprint density at radius 2 is 2.24 bits per heavy atom. The molecule has 1 aliphatic heterocycles. The van der Waals surface area contributed by atoms with E-state index in [1.807, 2.05) is 18.2 Å². The SMILES string of the molecule is COc1ccc2c(c1)C(CCCN)=CCO2.Cl. The van der Waals surface area contributed by atoms with Crippen LogP contribution in [0, 0.1) is 0 Å². The van der Waals surface area contributed by atoms with Crippen molar-refractivity contribution in [3.05, 3.63) is 29.8 Å². The second-order valence-electron chi connectivity index (χ2n) is 3.79. The Kier molecular flexibility index (Phi) is 5.32. The standard InChI is InChI=1S/C13H17NO2.ClH/c1-15-11-4-5-13-12(9-11)10(3-2-7-14)6-8-16-13;/h4-6,9H,2-3,7-8,14H2,1H3;1H. The summed E-state index contributed by atoms with van der Waals surface area (Å²) in [4.78, 5) is 0. The molecule has 0 spiro atoms. The van der Waals surface area contributed by atoms with Crippen LogP contribution in [0.5, 0.6) is 11.5 Å². The van der Waals surface area contributed by atoms with Crippen LogP contribution < -0.4 is 15.2 Å². The molecule has 94 valence electrons. The minimum atomic E-state index is 0. The Labute approximate surface area is 108 Å². The molecule has 0 amide bonds. The van der Waals surface area contributed by atoms with E-state index in [-0.39, 0.29) is 12.4 Å². The summed E-state index contributed by atoms with van der Waals surface area (Å²) in [6.45, 7) is 1.37. The van der Waals surface area contributed by atoms with Crippen LogP contribution in [-0.2, 0) is 0 Å². The van der Waals surface area contributed by atoms with Crippen LogP contribution in [0.4, 0.5) is 0 Å². The Hall–Kier alpha value is -1.19. The van der Waals surface area contributed by atoms with Gasteiger partial charge in [-0.25, -0.2) is 0 Å². The van der Waals surface area contributed by atoms with E-state index in [2.05, 4.69) is 6.08 Å². The van der Waals surface area contributed by atoms with Gasteiger partial charge in [0, 0.05) is 5.56 Å². The summed E-state index contributed by atoms with van der Waals surface area (Å²) in [6, 6.07) is 5.91. The van der Waals surface area contributed by atoms with Gasteiger partial charge in [-0.1, -0.05) is 0 Å². The molecule has 1 aliphatic rings. The highest BCUT2D eigenvalue weighted by molar-refractivity contribution is 5.85. The highest BCUT2D eigenvalue weighted by atomic mass is 35.5. The van der Waals surface area contributed by atoms with E-state index in [4.69, 9.17) is 15.2 Å². The van der Waals surface area contributed by atoms with Crippen LogP contribution >= 0.6 is 12.4 Å². The number of ether oxygens (including phenoxy) is 2. The van der Waals surface area contributed by atoms with Crippen molar-refractivity contribution in [2.75, 3.05) is 20.3 Å². The van der Waals surface area contributed by atoms with Gasteiger partial charge in [-0.15, -0.1) is 12.4 Å². The normalized spacial score (nSPS) is 12.9. The third-order valence-corrected chi connectivity index (χ3v) is 2.75. The van der Waals surface area contributed by atoms with E-state index < -0.39 is 0 Å². The fraction of sp³-hybridized carbons (Fsp3) is 0.385. The van der Waals surface area contributed by atoms with Crippen molar-refractivity contribution in [3.8, 4) is 11.5 Å². The number of methoxy groups -OCH3 is 1. The minimum Gasteiger partial charge on any atom is -0.497 e. The molecule has 0 atom stereocenters. The smallest absolute Gasteiger partial charge is 0.127 e. The summed E-state index contributed by atoms with van der Waals surface area (Å²) in [5.41, 5.74) is 7.99. The Morgan fingerprint density at radius 1 is 1.41 bits per heavy atom. The van der Waals surface area contributed by atoms with Crippen LogP contribution in [0.3, 0.4) is 0 Å². The zero-order chi connectivity index (χ0) is 11.4. The number of nitrogens with two attached hydrogens (primary N) is 1. The lowest BCUT2D eigenvalue weighted by Crippen LogP contribution is -2.06. The average Bonchev–Trinajstić information content (AvgIpc) is 2.35. The summed E-state index contributed by atoms with van der Waals surface area (Å²) in [5.74, 6) is 1.80. The second kappa shape index (κ2) is 6.52. The number of hydrogen-bond donors (Lipinski definition) is 1. The van der Waals surface area contributed by atoms with Gasteiger partial charge in [-0.3, -0.25) is 0 Å². The van der Waals surface area contributed by atoms with E-state index in [0.29, 0.717) is 6.61 Å². The van der Waals surface area contributed by atoms with Crippen molar-refractivity contribution < 1.29 is 9.47 Å². The molecule has 0 saturated heterocycles. The molecule has 17 heavy (non-hydrogen) atoms. The number of hydrogen-bond acceptors (Lipinski definition) is 3. The molecule has 0 fully saturated rings. The van der Waals surface area contributed by atoms with Gasteiger partial charge in [0.25, 0.3) is 0 Å². The van der Waals surface area contributed by atoms with Gasteiger partial charge in [0.2, 0.25) is 0 Å². The van der Waals surface area contributed by atoms with E-state index in [1.54, 1.807) is 7.11 Å². The lowest BCUT2D eigenvalue weighted by Gasteiger charge is -2.19. The maximum absolute atomic E-state index is 5.57. The molecule has 0 saturated carbocycles. The fourth-order valence-corrected chi connectivity index (χ4v) is 1.88. The van der Waals surface area contributed by atoms with E-state index >= 15 is 0 Å². The topological polar surface area (TPSA) is 44.5 Å². The maximum Gasteiger partial charge on any atom is 0.127 e. The molecule has 1 aromatic carbocycles. The van der Waals surface area contributed by atoms with Gasteiger partial charge in [0.1, 0.15) is 18.1 Å². The fourth-order valence-electron chi connectivity index (χ4n) is 1.88. The number of benzene rings is 1. The molecule has 1 aromatic rings. The quantitative estimate of drug-likeness (QED) is 0.900. The van der Waals surface area contributed by atoms with Crippen molar-refractivity contribution in [2.24, 2.45) is 5.73 Å². The molecule has 0 bridgehead atoms. The summed E-state index contributed by atoms with van der Waals surface area (Å²) in [6.07, 6.45) is 4.12. The van der Waals surface area contributed by atoms with Gasteiger partial charge >= 0.3 is 0 Å². The van der Waals surface area contributed by atoms with Crippen molar-refractivity contribution in [2.45, 2.75) is 12.8 Å². The highest BCUT2D eigenvalue weighted by Gasteiger charge is 2.14. The molecule has 3 nitrogen and oxygen atoms in total. The van der Waals surface area contributed by atoms with Gasteiger partial charge in [-0.2, -0.15) is 0 Å². The van der Waals surface area contributed by atoms with Crippen LogP contribution in [0.15, 0.2) is 24.3 Å². The van der Waals surface area contributed by atoms with Crippen molar-refractivity contribution in [3.63, 3.8) is 0 Å². The number of allylic oxidation sites excluding steroid dienone is 1. The Bertz CT molecular complexity index is 404. The Morgan fingerprint density at radius 3 is 2.94 bits per heavy atom. The molecular formula is C13H18ClNO2. The summed E-state index contributed by atoms with van der Waals surface area (Å²) in [7, 11) is 1.68. The zero-order valence-corrected chi connectivity index (χ0v) is 10.8. The van der Waals surface area contributed by atoms with Gasteiger partial charge in [-0.05, 0) is 49.2 Å². The number of rotatable bonds is 4. The highest BCUT2D eigenvalue weighted by Crippen LogP contribution is 2.34. The lowest BCUT2D eigenvalue weighted by atomic mass is 9.98. The van der Waals surface area contributed by atoms with Crippen molar-refractivity contribution in [1.82, 2.24) is 0 Å². The molecule has 0 radical (unpaired) electrons. The average molecular weight is 256 g/mol. The monoisotopic (exact) mass is 255 g/mol. The predicted octanol–water partition coefficient (Wildman–Crippen LogP) is 2.63. The molecule has 0 aromatic heterocycles. The van der Waals surface area contributed by atoms with Crippen molar-refractivity contribution in [1.29, 1.82) is 0 Å². The first kappa shape index (κ1) is 13.9. The number of fused-ring (bicyclic) bond motifs is 1. The van der Waals surface area contributed by atoms with Gasteiger partial charge in [0.15, 0.2) is 0 Å². The van der Waals surface area contributed by atoms with E-state index in [9.17, 15) is 0 Å². The zero-order valence-electron chi connectivity index (χ0n) is 9.94. The summed E-state index contributed by atoms with van der Waals surface area (Å²) < 4.78 is 10.8. The van der Waals surface area contributed by atoms with Crippen LogP contribution in [0.2, 0.25) is 0 Å². The van der Waals surface area contributed by atoms with Crippen LogP contribution in [0.25, 0.3) is 5.57 Å². The first-order chi connectivity index (χ1) is 7.85. The first-order valence-electron chi connectivity index (χ1n) is 5.55. The van der Waals surface area contributed by atoms with E-state index in [1.165, 1.54) is 5.57 Å². The predicted molar refractivity (Wildman–Crippen MR) is 72.0 cm³/mol. The third kappa shape index (κ3) is 3.14. The molecule has 2 N–H and O–H groups in total. The Balaban J connectivity index is 0.00000144. The molecule has 2 rings (SSSR count). The van der Waals surface area contributed by atoms with Crippen molar-refractivity contribution >= 4 is 18.0 Å². The van der Waals surface area contributed by atoms with Gasteiger partial charge in [0.05, 0.1) is 7.11 Å². The first-order valence-corrected chi connectivity index (χ1v) is 5.55. The van der Waals surface area contributed by atoms with Crippen LogP contribution in [-0.4, -0.2) is 20.3 Å². The lowest BCUT2D eigenvalue weighted by molar-refractivity contribution is 0.354.